The van der Waals surface area contributed by atoms with Crippen molar-refractivity contribution in [2.45, 2.75) is 18.7 Å². The number of ether oxygens (including phenoxy) is 2. The molecule has 0 N–H and O–H groups in total. The maximum Gasteiger partial charge on any atom is 0.243 e. The topological polar surface area (TPSA) is 84.9 Å². The summed E-state index contributed by atoms with van der Waals surface area (Å²) in [5.74, 6) is 2.54. The van der Waals surface area contributed by atoms with Crippen LogP contribution in [0.3, 0.4) is 0 Å². The average Bonchev–Trinajstić information content (AvgIpc) is 2.67. The van der Waals surface area contributed by atoms with E-state index in [9.17, 15) is 8.42 Å². The number of sulfonamides is 1. The molecule has 27 heavy (non-hydrogen) atoms. The predicted octanol–water partition coefficient (Wildman–Crippen LogP) is 1.62. The Balaban J connectivity index is 1.75. The minimum absolute atomic E-state index is 0.286. The fourth-order valence-electron chi connectivity index (χ4n) is 3.11. The van der Waals surface area contributed by atoms with Gasteiger partial charge in [-0.2, -0.15) is 9.29 Å². The molecule has 8 nitrogen and oxygen atoms in total. The van der Waals surface area contributed by atoms with Crippen LogP contribution < -0.4 is 14.4 Å². The SMILES string of the molecule is COc1cc(N2CCN(S(=O)(=O)c3ccc(OC)c(C)c3)CC2)nc(C)n1. The first-order valence-electron chi connectivity index (χ1n) is 8.64. The van der Waals surface area contributed by atoms with Crippen molar-refractivity contribution in [1.82, 2.24) is 14.3 Å². The number of piperazine rings is 1. The van der Waals surface area contributed by atoms with Gasteiger partial charge in [0.15, 0.2) is 0 Å². The molecule has 1 aliphatic heterocycles. The normalized spacial score (nSPS) is 15.6. The third-order valence-electron chi connectivity index (χ3n) is 4.58. The minimum Gasteiger partial charge on any atom is -0.496 e. The van der Waals surface area contributed by atoms with Gasteiger partial charge in [-0.1, -0.05) is 0 Å². The van der Waals surface area contributed by atoms with Crippen molar-refractivity contribution in [1.29, 1.82) is 0 Å². The van der Waals surface area contributed by atoms with Crippen molar-refractivity contribution in [3.63, 3.8) is 0 Å². The van der Waals surface area contributed by atoms with Crippen molar-refractivity contribution in [3.8, 4) is 11.6 Å². The van der Waals surface area contributed by atoms with Crippen LogP contribution in [0.25, 0.3) is 0 Å². The molecule has 3 rings (SSSR count). The number of anilines is 1. The monoisotopic (exact) mass is 392 g/mol. The molecule has 0 aliphatic carbocycles. The number of aryl methyl sites for hydroxylation is 2. The molecule has 0 unspecified atom stereocenters. The zero-order valence-electron chi connectivity index (χ0n) is 16.0. The summed E-state index contributed by atoms with van der Waals surface area (Å²) in [4.78, 5) is 11.0. The molecule has 0 amide bonds. The molecule has 0 saturated carbocycles. The van der Waals surface area contributed by atoms with Crippen molar-refractivity contribution in [2.75, 3.05) is 45.3 Å². The van der Waals surface area contributed by atoms with Gasteiger partial charge in [-0.15, -0.1) is 0 Å². The van der Waals surface area contributed by atoms with Gasteiger partial charge in [-0.05, 0) is 37.6 Å². The quantitative estimate of drug-likeness (QED) is 0.764. The molecule has 0 bridgehead atoms. The Kier molecular flexibility index (Phi) is 5.52. The van der Waals surface area contributed by atoms with Gasteiger partial charge < -0.3 is 14.4 Å². The summed E-state index contributed by atoms with van der Waals surface area (Å²) in [6.07, 6.45) is 0. The summed E-state index contributed by atoms with van der Waals surface area (Å²) in [6, 6.07) is 6.70. The second-order valence-electron chi connectivity index (χ2n) is 6.34. The first-order valence-corrected chi connectivity index (χ1v) is 10.1. The number of hydrogen-bond donors (Lipinski definition) is 0. The molecule has 1 aromatic carbocycles. The molecular formula is C18H24N4O4S. The predicted molar refractivity (Wildman–Crippen MR) is 102 cm³/mol. The molecule has 0 atom stereocenters. The lowest BCUT2D eigenvalue weighted by Crippen LogP contribution is -2.49. The highest BCUT2D eigenvalue weighted by Crippen LogP contribution is 2.25. The van der Waals surface area contributed by atoms with Crippen LogP contribution in [-0.4, -0.2) is 63.1 Å². The highest BCUT2D eigenvalue weighted by Gasteiger charge is 2.29. The third kappa shape index (κ3) is 3.98. The van der Waals surface area contributed by atoms with Gasteiger partial charge in [0.25, 0.3) is 0 Å². The first kappa shape index (κ1) is 19.4. The van der Waals surface area contributed by atoms with Crippen LogP contribution in [0, 0.1) is 13.8 Å². The number of rotatable bonds is 5. The molecule has 0 spiro atoms. The molecule has 1 aliphatic rings. The highest BCUT2D eigenvalue weighted by molar-refractivity contribution is 7.89. The van der Waals surface area contributed by atoms with E-state index < -0.39 is 10.0 Å². The van der Waals surface area contributed by atoms with Gasteiger partial charge in [0.05, 0.1) is 19.1 Å². The molecule has 2 heterocycles. The van der Waals surface area contributed by atoms with E-state index in [4.69, 9.17) is 9.47 Å². The van der Waals surface area contributed by atoms with Crippen LogP contribution in [0.5, 0.6) is 11.6 Å². The molecule has 2 aromatic rings. The van der Waals surface area contributed by atoms with Gasteiger partial charge in [0.1, 0.15) is 17.4 Å². The molecule has 0 radical (unpaired) electrons. The maximum atomic E-state index is 13.0. The van der Waals surface area contributed by atoms with Crippen LogP contribution in [0.2, 0.25) is 0 Å². The zero-order valence-corrected chi connectivity index (χ0v) is 16.8. The Bertz CT molecular complexity index is 925. The largest absolute Gasteiger partial charge is 0.496 e. The van der Waals surface area contributed by atoms with Crippen LogP contribution in [0.1, 0.15) is 11.4 Å². The molecule has 9 heteroatoms. The summed E-state index contributed by atoms with van der Waals surface area (Å²) >= 11 is 0. The van der Waals surface area contributed by atoms with Gasteiger partial charge in [0.2, 0.25) is 15.9 Å². The highest BCUT2D eigenvalue weighted by atomic mass is 32.2. The van der Waals surface area contributed by atoms with Crippen LogP contribution in [0.4, 0.5) is 5.82 Å². The van der Waals surface area contributed by atoms with Crippen LogP contribution in [0.15, 0.2) is 29.2 Å². The summed E-state index contributed by atoms with van der Waals surface area (Å²) in [5, 5.41) is 0. The van der Waals surface area contributed by atoms with Crippen LogP contribution in [-0.2, 0) is 10.0 Å². The van der Waals surface area contributed by atoms with Gasteiger partial charge in [0, 0.05) is 32.2 Å². The summed E-state index contributed by atoms with van der Waals surface area (Å²) in [5.41, 5.74) is 0.792. The molecule has 1 fully saturated rings. The second kappa shape index (κ2) is 7.69. The molecule has 146 valence electrons. The van der Waals surface area contributed by atoms with Crippen molar-refractivity contribution >= 4 is 15.8 Å². The van der Waals surface area contributed by atoms with E-state index in [0.29, 0.717) is 43.6 Å². The van der Waals surface area contributed by atoms with E-state index in [0.717, 1.165) is 11.4 Å². The van der Waals surface area contributed by atoms with Gasteiger partial charge >= 0.3 is 0 Å². The second-order valence-corrected chi connectivity index (χ2v) is 8.28. The first-order chi connectivity index (χ1) is 12.8. The smallest absolute Gasteiger partial charge is 0.243 e. The number of nitrogens with zero attached hydrogens (tertiary/aromatic N) is 4. The fourth-order valence-corrected chi connectivity index (χ4v) is 4.62. The summed E-state index contributed by atoms with van der Waals surface area (Å²) < 4.78 is 37.8. The van der Waals surface area contributed by atoms with Crippen molar-refractivity contribution < 1.29 is 17.9 Å². The average molecular weight is 392 g/mol. The molecular weight excluding hydrogens is 368 g/mol. The lowest BCUT2D eigenvalue weighted by atomic mass is 10.2. The Morgan fingerprint density at radius 1 is 0.963 bits per heavy atom. The van der Waals surface area contributed by atoms with E-state index >= 15 is 0 Å². The van der Waals surface area contributed by atoms with E-state index in [1.807, 2.05) is 11.8 Å². The summed E-state index contributed by atoms with van der Waals surface area (Å²) in [6.45, 7) is 5.51. The Labute approximate surface area is 159 Å². The number of hydrogen-bond acceptors (Lipinski definition) is 7. The number of aromatic nitrogens is 2. The van der Waals surface area contributed by atoms with Crippen molar-refractivity contribution in [3.05, 3.63) is 35.7 Å². The van der Waals surface area contributed by atoms with E-state index in [2.05, 4.69) is 9.97 Å². The van der Waals surface area contributed by atoms with E-state index in [-0.39, 0.29) is 4.90 Å². The summed E-state index contributed by atoms with van der Waals surface area (Å²) in [7, 11) is -0.411. The van der Waals surface area contributed by atoms with E-state index in [1.165, 1.54) is 4.31 Å². The zero-order chi connectivity index (χ0) is 19.6. The Morgan fingerprint density at radius 3 is 2.26 bits per heavy atom. The van der Waals surface area contributed by atoms with E-state index in [1.54, 1.807) is 45.4 Å². The number of methoxy groups -OCH3 is 2. The Hall–Kier alpha value is -2.39. The molecule has 1 aromatic heterocycles. The van der Waals surface area contributed by atoms with Crippen molar-refractivity contribution in [2.24, 2.45) is 0 Å². The lowest BCUT2D eigenvalue weighted by molar-refractivity contribution is 0.380. The number of benzene rings is 1. The maximum absolute atomic E-state index is 13.0. The van der Waals surface area contributed by atoms with Gasteiger partial charge in [-0.25, -0.2) is 13.4 Å². The fraction of sp³-hybridized carbons (Fsp3) is 0.444. The lowest BCUT2D eigenvalue weighted by Gasteiger charge is -2.34. The third-order valence-corrected chi connectivity index (χ3v) is 6.47. The van der Waals surface area contributed by atoms with Crippen LogP contribution >= 0.6 is 0 Å². The minimum atomic E-state index is -3.54. The molecule has 1 saturated heterocycles. The van der Waals surface area contributed by atoms with Gasteiger partial charge in [-0.3, -0.25) is 0 Å². The Morgan fingerprint density at radius 2 is 1.67 bits per heavy atom. The standard InChI is InChI=1S/C18H24N4O4S/c1-13-11-15(5-6-16(13)25-3)27(23,24)22-9-7-21(8-10-22)17-12-18(26-4)20-14(2)19-17/h5-6,11-12H,7-10H2,1-4H3.